The van der Waals surface area contributed by atoms with Crippen molar-refractivity contribution in [3.63, 3.8) is 0 Å². The van der Waals surface area contributed by atoms with E-state index in [1.165, 1.54) is 0 Å². The molecule has 0 fully saturated rings. The van der Waals surface area contributed by atoms with Gasteiger partial charge in [-0.2, -0.15) is 0 Å². The van der Waals surface area contributed by atoms with Crippen molar-refractivity contribution in [3.8, 4) is 0 Å². The largest absolute Gasteiger partial charge is 0.380 e. The van der Waals surface area contributed by atoms with Crippen LogP contribution in [-0.4, -0.2) is 6.04 Å². The summed E-state index contributed by atoms with van der Waals surface area (Å²) in [6.07, 6.45) is 3.28. The average Bonchev–Trinajstić information content (AvgIpc) is 2.23. The van der Waals surface area contributed by atoms with Crippen LogP contribution in [0.1, 0.15) is 19.8 Å². The minimum absolute atomic E-state index is 0.0181. The van der Waals surface area contributed by atoms with Crippen LogP contribution < -0.4 is 5.32 Å². The van der Waals surface area contributed by atoms with E-state index >= 15 is 0 Å². The molecule has 0 saturated carbocycles. The van der Waals surface area contributed by atoms with E-state index in [-0.39, 0.29) is 11.7 Å². The van der Waals surface area contributed by atoms with E-state index in [2.05, 4.69) is 11.9 Å². The third-order valence-corrected chi connectivity index (χ3v) is 2.22. The highest BCUT2D eigenvalue weighted by atomic mass is 19.2. The monoisotopic (exact) mass is 229 g/mol. The lowest BCUT2D eigenvalue weighted by Crippen LogP contribution is -2.16. The Hall–Kier alpha value is -1.45. The lowest BCUT2D eigenvalue weighted by Gasteiger charge is -2.15. The number of nitrogens with one attached hydrogen (secondary N) is 1. The summed E-state index contributed by atoms with van der Waals surface area (Å²) in [5.41, 5.74) is -0.0181. The summed E-state index contributed by atoms with van der Waals surface area (Å²) >= 11 is 0. The Labute approximate surface area is 93.0 Å². The molecule has 16 heavy (non-hydrogen) atoms. The Kier molecular flexibility index (Phi) is 4.40. The van der Waals surface area contributed by atoms with Crippen molar-refractivity contribution < 1.29 is 13.2 Å². The van der Waals surface area contributed by atoms with E-state index < -0.39 is 17.5 Å². The van der Waals surface area contributed by atoms with Crippen LogP contribution in [0.25, 0.3) is 0 Å². The number of benzene rings is 1. The second-order valence-corrected chi connectivity index (χ2v) is 3.66. The van der Waals surface area contributed by atoms with Gasteiger partial charge in [-0.15, -0.1) is 6.58 Å². The fourth-order valence-electron chi connectivity index (χ4n) is 1.34. The molecule has 1 N–H and O–H groups in total. The van der Waals surface area contributed by atoms with Crippen LogP contribution in [0.2, 0.25) is 0 Å². The van der Waals surface area contributed by atoms with Crippen LogP contribution in [0.5, 0.6) is 0 Å². The quantitative estimate of drug-likeness (QED) is 0.597. The molecule has 1 aromatic rings. The molecular formula is C12H14F3N. The summed E-state index contributed by atoms with van der Waals surface area (Å²) < 4.78 is 38.7. The topological polar surface area (TPSA) is 12.0 Å². The van der Waals surface area contributed by atoms with E-state index in [0.717, 1.165) is 18.9 Å². The smallest absolute Gasteiger partial charge is 0.161 e. The lowest BCUT2D eigenvalue weighted by atomic mass is 10.1. The molecule has 0 bridgehead atoms. The Morgan fingerprint density at radius 1 is 1.25 bits per heavy atom. The maximum Gasteiger partial charge on any atom is 0.161 e. The standard InChI is InChI=1S/C12H14F3N/c1-3-4-5-8(2)16-12-7-10(14)9(13)6-11(12)15/h3,6-8,16H,1,4-5H2,2H3. The summed E-state index contributed by atoms with van der Waals surface area (Å²) in [7, 11) is 0. The Balaban J connectivity index is 2.73. The molecule has 0 radical (unpaired) electrons. The zero-order valence-corrected chi connectivity index (χ0v) is 9.06. The highest BCUT2D eigenvalue weighted by molar-refractivity contribution is 5.45. The van der Waals surface area contributed by atoms with Crippen molar-refractivity contribution >= 4 is 5.69 Å². The fourth-order valence-corrected chi connectivity index (χ4v) is 1.34. The van der Waals surface area contributed by atoms with Crippen molar-refractivity contribution in [1.82, 2.24) is 0 Å². The Morgan fingerprint density at radius 2 is 1.88 bits per heavy atom. The number of rotatable bonds is 5. The number of halogens is 3. The van der Waals surface area contributed by atoms with E-state index in [4.69, 9.17) is 0 Å². The predicted molar refractivity (Wildman–Crippen MR) is 58.8 cm³/mol. The van der Waals surface area contributed by atoms with Gasteiger partial charge in [-0.3, -0.25) is 0 Å². The molecule has 0 saturated heterocycles. The predicted octanol–water partition coefficient (Wildman–Crippen LogP) is 3.87. The molecule has 4 heteroatoms. The van der Waals surface area contributed by atoms with Crippen molar-refractivity contribution in [2.75, 3.05) is 5.32 Å². The molecule has 1 aromatic carbocycles. The first-order valence-electron chi connectivity index (χ1n) is 5.06. The molecule has 1 atom stereocenters. The van der Waals surface area contributed by atoms with Gasteiger partial charge in [-0.05, 0) is 19.8 Å². The SMILES string of the molecule is C=CCCC(C)Nc1cc(F)c(F)cc1F. The maximum atomic E-state index is 13.2. The van der Waals surface area contributed by atoms with Crippen LogP contribution in [0.15, 0.2) is 24.8 Å². The van der Waals surface area contributed by atoms with E-state index in [0.29, 0.717) is 6.07 Å². The van der Waals surface area contributed by atoms with Gasteiger partial charge in [0, 0.05) is 18.2 Å². The second kappa shape index (κ2) is 5.58. The zero-order valence-electron chi connectivity index (χ0n) is 9.06. The van der Waals surface area contributed by atoms with E-state index in [1.54, 1.807) is 6.08 Å². The molecule has 1 rings (SSSR count). The van der Waals surface area contributed by atoms with Gasteiger partial charge in [0.05, 0.1) is 5.69 Å². The third kappa shape index (κ3) is 3.29. The van der Waals surface area contributed by atoms with Crippen molar-refractivity contribution in [2.45, 2.75) is 25.8 Å². The molecule has 0 aliphatic carbocycles. The molecule has 1 nitrogen and oxygen atoms in total. The Bertz CT molecular complexity index is 377. The summed E-state index contributed by atoms with van der Waals surface area (Å²) in [5.74, 6) is -3.02. The number of hydrogen-bond acceptors (Lipinski definition) is 1. The summed E-state index contributed by atoms with van der Waals surface area (Å²) in [6.45, 7) is 5.41. The molecule has 0 amide bonds. The maximum absolute atomic E-state index is 13.2. The Morgan fingerprint density at radius 3 is 2.50 bits per heavy atom. The van der Waals surface area contributed by atoms with Crippen molar-refractivity contribution in [1.29, 1.82) is 0 Å². The van der Waals surface area contributed by atoms with Crippen LogP contribution in [-0.2, 0) is 0 Å². The van der Waals surface area contributed by atoms with Crippen LogP contribution in [0.4, 0.5) is 18.9 Å². The average molecular weight is 229 g/mol. The van der Waals surface area contributed by atoms with Crippen LogP contribution in [0.3, 0.4) is 0 Å². The minimum atomic E-state index is -1.18. The first-order chi connectivity index (χ1) is 7.54. The van der Waals surface area contributed by atoms with Crippen LogP contribution >= 0.6 is 0 Å². The number of anilines is 1. The fraction of sp³-hybridized carbons (Fsp3) is 0.333. The second-order valence-electron chi connectivity index (χ2n) is 3.66. The number of hydrogen-bond donors (Lipinski definition) is 1. The molecule has 0 aromatic heterocycles. The van der Waals surface area contributed by atoms with Gasteiger partial charge < -0.3 is 5.32 Å². The van der Waals surface area contributed by atoms with Crippen LogP contribution in [0, 0.1) is 17.5 Å². The van der Waals surface area contributed by atoms with Gasteiger partial charge in [-0.1, -0.05) is 6.08 Å². The molecule has 0 aliphatic heterocycles. The summed E-state index contributed by atoms with van der Waals surface area (Å²) in [5, 5.41) is 2.78. The third-order valence-electron chi connectivity index (χ3n) is 2.22. The lowest BCUT2D eigenvalue weighted by molar-refractivity contribution is 0.495. The molecule has 0 heterocycles. The van der Waals surface area contributed by atoms with E-state index in [1.807, 2.05) is 6.92 Å². The normalized spacial score (nSPS) is 12.2. The molecular weight excluding hydrogens is 215 g/mol. The first kappa shape index (κ1) is 12.6. The van der Waals surface area contributed by atoms with Gasteiger partial charge >= 0.3 is 0 Å². The molecule has 0 spiro atoms. The van der Waals surface area contributed by atoms with Gasteiger partial charge in [0.25, 0.3) is 0 Å². The summed E-state index contributed by atoms with van der Waals surface area (Å²) in [6, 6.07) is 1.34. The molecule has 88 valence electrons. The van der Waals surface area contributed by atoms with Gasteiger partial charge in [0.2, 0.25) is 0 Å². The highest BCUT2D eigenvalue weighted by Gasteiger charge is 2.11. The number of allylic oxidation sites excluding steroid dienone is 1. The minimum Gasteiger partial charge on any atom is -0.380 e. The van der Waals surface area contributed by atoms with Crippen molar-refractivity contribution in [3.05, 3.63) is 42.2 Å². The van der Waals surface area contributed by atoms with Gasteiger partial charge in [-0.25, -0.2) is 13.2 Å². The molecule has 0 aliphatic rings. The van der Waals surface area contributed by atoms with Crippen molar-refractivity contribution in [2.24, 2.45) is 0 Å². The van der Waals surface area contributed by atoms with E-state index in [9.17, 15) is 13.2 Å². The summed E-state index contributed by atoms with van der Waals surface area (Å²) in [4.78, 5) is 0. The highest BCUT2D eigenvalue weighted by Crippen LogP contribution is 2.19. The molecule has 1 unspecified atom stereocenters. The van der Waals surface area contributed by atoms with Gasteiger partial charge in [0.1, 0.15) is 5.82 Å². The zero-order chi connectivity index (χ0) is 12.1. The first-order valence-corrected chi connectivity index (χ1v) is 5.06. The van der Waals surface area contributed by atoms with Gasteiger partial charge in [0.15, 0.2) is 11.6 Å².